The van der Waals surface area contributed by atoms with Gasteiger partial charge in [-0.3, -0.25) is 4.90 Å². The van der Waals surface area contributed by atoms with Crippen LogP contribution in [0, 0.1) is 0 Å². The summed E-state index contributed by atoms with van der Waals surface area (Å²) in [7, 11) is 0.344. The average Bonchev–Trinajstić information content (AvgIpc) is 3.30. The van der Waals surface area contributed by atoms with E-state index in [1.807, 2.05) is 18.2 Å². The Kier molecular flexibility index (Phi) is 6.95. The summed E-state index contributed by atoms with van der Waals surface area (Å²) in [6.07, 6.45) is 2.87. The Bertz CT molecular complexity index is 895. The summed E-state index contributed by atoms with van der Waals surface area (Å²) in [5.74, 6) is 1.94. The van der Waals surface area contributed by atoms with E-state index < -0.39 is 9.84 Å². The molecule has 0 spiro atoms. The maximum Gasteiger partial charge on any atom is 0.161 e. The van der Waals surface area contributed by atoms with Crippen LogP contribution in [0.3, 0.4) is 0 Å². The molecule has 1 aliphatic rings. The van der Waals surface area contributed by atoms with Crippen molar-refractivity contribution in [1.82, 2.24) is 9.88 Å². The number of sulfone groups is 1. The monoisotopic (exact) mass is 424 g/mol. The minimum Gasteiger partial charge on any atom is -0.493 e. The van der Waals surface area contributed by atoms with E-state index in [0.29, 0.717) is 23.8 Å². The number of hydrogen-bond donors (Lipinski definition) is 0. The topological polar surface area (TPSA) is 68.7 Å². The lowest BCUT2D eigenvalue weighted by Crippen LogP contribution is -2.36. The number of hydrogen-bond acceptors (Lipinski definition) is 7. The van der Waals surface area contributed by atoms with Gasteiger partial charge in [0.15, 0.2) is 21.3 Å². The molecule has 0 N–H and O–H groups in total. The molecule has 2 heterocycles. The number of aromatic nitrogens is 1. The number of rotatable bonds is 9. The quantitative estimate of drug-likeness (QED) is 0.612. The maximum atomic E-state index is 11.9. The molecule has 0 radical (unpaired) electrons. The predicted octanol–water partition coefficient (Wildman–Crippen LogP) is 3.62. The first kappa shape index (κ1) is 21.1. The van der Waals surface area contributed by atoms with Crippen LogP contribution < -0.4 is 9.47 Å². The predicted molar refractivity (Wildman–Crippen MR) is 113 cm³/mol. The maximum absolute atomic E-state index is 11.9. The first-order valence-electron chi connectivity index (χ1n) is 9.57. The Hall–Kier alpha value is -1.64. The molecule has 154 valence electrons. The van der Waals surface area contributed by atoms with Gasteiger partial charge in [-0.1, -0.05) is 13.3 Å². The first-order chi connectivity index (χ1) is 13.5. The van der Waals surface area contributed by atoms with Crippen molar-refractivity contribution < 1.29 is 17.9 Å². The van der Waals surface area contributed by atoms with E-state index in [1.54, 1.807) is 25.6 Å². The fourth-order valence-corrected chi connectivity index (χ4v) is 6.07. The number of ether oxygens (including phenoxy) is 2. The standard InChI is InChI=1S/C20H28N2O4S2/c1-4-5-9-22(17-8-10-28(23,24)14-17)12-16-13-27-20(21-16)15-6-7-18(25-2)19(11-15)26-3/h6-7,11,13,17H,4-5,8-10,12,14H2,1-3H3. The van der Waals surface area contributed by atoms with Crippen molar-refractivity contribution in [3.8, 4) is 22.1 Å². The zero-order chi connectivity index (χ0) is 20.1. The Labute approximate surface area is 171 Å². The van der Waals surface area contributed by atoms with Gasteiger partial charge in [0, 0.05) is 23.5 Å². The SMILES string of the molecule is CCCCN(Cc1csc(-c2ccc(OC)c(OC)c2)n1)C1CCS(=O)(=O)C1. The fourth-order valence-electron chi connectivity index (χ4n) is 3.50. The molecule has 6 nitrogen and oxygen atoms in total. The highest BCUT2D eigenvalue weighted by Crippen LogP contribution is 2.34. The van der Waals surface area contributed by atoms with Crippen LogP contribution >= 0.6 is 11.3 Å². The van der Waals surface area contributed by atoms with Crippen LogP contribution in [-0.2, 0) is 16.4 Å². The molecule has 0 saturated carbocycles. The molecule has 3 rings (SSSR count). The largest absolute Gasteiger partial charge is 0.493 e. The molecule has 1 aromatic carbocycles. The van der Waals surface area contributed by atoms with Gasteiger partial charge < -0.3 is 9.47 Å². The summed E-state index contributed by atoms with van der Waals surface area (Å²) in [6, 6.07) is 5.89. The summed E-state index contributed by atoms with van der Waals surface area (Å²) in [4.78, 5) is 7.09. The second-order valence-corrected chi connectivity index (χ2v) is 10.2. The highest BCUT2D eigenvalue weighted by atomic mass is 32.2. The van der Waals surface area contributed by atoms with E-state index in [4.69, 9.17) is 14.5 Å². The van der Waals surface area contributed by atoms with E-state index in [1.165, 1.54) is 0 Å². The Morgan fingerprint density at radius 3 is 2.68 bits per heavy atom. The Morgan fingerprint density at radius 2 is 2.04 bits per heavy atom. The summed E-state index contributed by atoms with van der Waals surface area (Å²) in [6.45, 7) is 3.74. The second kappa shape index (κ2) is 9.24. The lowest BCUT2D eigenvalue weighted by Gasteiger charge is -2.27. The van der Waals surface area contributed by atoms with Gasteiger partial charge in [-0.2, -0.15) is 0 Å². The lowest BCUT2D eigenvalue weighted by molar-refractivity contribution is 0.198. The van der Waals surface area contributed by atoms with Gasteiger partial charge in [-0.25, -0.2) is 13.4 Å². The van der Waals surface area contributed by atoms with Crippen LogP contribution in [0.15, 0.2) is 23.6 Å². The molecule has 0 bridgehead atoms. The molecule has 8 heteroatoms. The summed E-state index contributed by atoms with van der Waals surface area (Å²) >= 11 is 1.59. The molecule has 1 aromatic heterocycles. The van der Waals surface area contributed by atoms with Gasteiger partial charge in [0.05, 0.1) is 31.4 Å². The second-order valence-electron chi connectivity index (χ2n) is 7.09. The molecule has 28 heavy (non-hydrogen) atoms. The highest BCUT2D eigenvalue weighted by Gasteiger charge is 2.32. The normalized spacial score (nSPS) is 18.5. The van der Waals surface area contributed by atoms with Crippen LogP contribution in [0.5, 0.6) is 11.5 Å². The third-order valence-electron chi connectivity index (χ3n) is 5.07. The number of methoxy groups -OCH3 is 2. The molecule has 2 aromatic rings. The van der Waals surface area contributed by atoms with Crippen molar-refractivity contribution in [2.24, 2.45) is 0 Å². The molecule has 0 amide bonds. The molecular weight excluding hydrogens is 396 g/mol. The van der Waals surface area contributed by atoms with Gasteiger partial charge >= 0.3 is 0 Å². The van der Waals surface area contributed by atoms with E-state index in [2.05, 4.69) is 17.2 Å². The van der Waals surface area contributed by atoms with Crippen LogP contribution in [0.1, 0.15) is 31.9 Å². The van der Waals surface area contributed by atoms with Crippen LogP contribution in [0.2, 0.25) is 0 Å². The van der Waals surface area contributed by atoms with Gasteiger partial charge in [0.25, 0.3) is 0 Å². The van der Waals surface area contributed by atoms with Crippen molar-refractivity contribution in [3.63, 3.8) is 0 Å². The third-order valence-corrected chi connectivity index (χ3v) is 7.76. The minimum absolute atomic E-state index is 0.0998. The smallest absolute Gasteiger partial charge is 0.161 e. The van der Waals surface area contributed by atoms with Gasteiger partial charge in [-0.05, 0) is 37.6 Å². The summed E-state index contributed by atoms with van der Waals surface area (Å²) in [5, 5.41) is 2.99. The molecule has 1 fully saturated rings. The van der Waals surface area contributed by atoms with Crippen molar-refractivity contribution in [2.45, 2.75) is 38.8 Å². The minimum atomic E-state index is -2.90. The molecule has 1 unspecified atom stereocenters. The molecule has 1 saturated heterocycles. The van der Waals surface area contributed by atoms with Crippen molar-refractivity contribution in [2.75, 3.05) is 32.3 Å². The Morgan fingerprint density at radius 1 is 1.25 bits per heavy atom. The van der Waals surface area contributed by atoms with Gasteiger partial charge in [0.1, 0.15) is 5.01 Å². The molecule has 0 aliphatic carbocycles. The lowest BCUT2D eigenvalue weighted by atomic mass is 10.2. The summed E-state index contributed by atoms with van der Waals surface area (Å²) < 4.78 is 34.5. The molecular formula is C20H28N2O4S2. The van der Waals surface area contributed by atoms with Gasteiger partial charge in [-0.15, -0.1) is 11.3 Å². The van der Waals surface area contributed by atoms with Gasteiger partial charge in [0.2, 0.25) is 0 Å². The average molecular weight is 425 g/mol. The fraction of sp³-hybridized carbons (Fsp3) is 0.550. The van der Waals surface area contributed by atoms with E-state index in [9.17, 15) is 8.42 Å². The number of nitrogens with zero attached hydrogens (tertiary/aromatic N) is 2. The Balaban J connectivity index is 1.76. The highest BCUT2D eigenvalue weighted by molar-refractivity contribution is 7.91. The van der Waals surface area contributed by atoms with E-state index >= 15 is 0 Å². The van der Waals surface area contributed by atoms with Crippen molar-refractivity contribution in [3.05, 3.63) is 29.3 Å². The van der Waals surface area contributed by atoms with Crippen LogP contribution in [0.25, 0.3) is 10.6 Å². The number of unbranched alkanes of at least 4 members (excludes halogenated alkanes) is 1. The molecule has 1 aliphatic heterocycles. The number of benzene rings is 1. The van der Waals surface area contributed by atoms with Crippen LogP contribution in [-0.4, -0.2) is 56.6 Å². The van der Waals surface area contributed by atoms with E-state index in [-0.39, 0.29) is 11.8 Å². The van der Waals surface area contributed by atoms with E-state index in [0.717, 1.165) is 42.1 Å². The third kappa shape index (κ3) is 5.04. The van der Waals surface area contributed by atoms with Crippen molar-refractivity contribution >= 4 is 21.2 Å². The van der Waals surface area contributed by atoms with Crippen molar-refractivity contribution in [1.29, 1.82) is 0 Å². The first-order valence-corrected chi connectivity index (χ1v) is 12.3. The zero-order valence-corrected chi connectivity index (χ0v) is 18.3. The van der Waals surface area contributed by atoms with Crippen LogP contribution in [0.4, 0.5) is 0 Å². The number of thiazole rings is 1. The molecule has 1 atom stereocenters. The zero-order valence-electron chi connectivity index (χ0n) is 16.7. The summed E-state index contributed by atoms with van der Waals surface area (Å²) in [5.41, 5.74) is 1.97.